The van der Waals surface area contributed by atoms with E-state index in [0.29, 0.717) is 5.56 Å². The van der Waals surface area contributed by atoms with Crippen molar-refractivity contribution < 1.29 is 28.8 Å². The van der Waals surface area contributed by atoms with Crippen LogP contribution >= 0.6 is 0 Å². The Kier molecular flexibility index (Phi) is 11.5. The zero-order chi connectivity index (χ0) is 24.0. The summed E-state index contributed by atoms with van der Waals surface area (Å²) in [5.74, 6) is -0.876. The predicted molar refractivity (Wildman–Crippen MR) is 122 cm³/mol. The summed E-state index contributed by atoms with van der Waals surface area (Å²) in [4.78, 5) is 20.5. The number of carbonyl (C=O) groups is 1. The van der Waals surface area contributed by atoms with Crippen LogP contribution in [0.4, 0.5) is 0 Å². The molecule has 1 heterocycles. The van der Waals surface area contributed by atoms with E-state index in [1.54, 1.807) is 12.1 Å². The number of nitrogens with zero attached hydrogens (tertiary/aromatic N) is 2. The van der Waals surface area contributed by atoms with Gasteiger partial charge < -0.3 is 24.1 Å². The minimum atomic E-state index is -1.46. The van der Waals surface area contributed by atoms with Gasteiger partial charge in [-0.1, -0.05) is 68.5 Å². The van der Waals surface area contributed by atoms with Gasteiger partial charge in [-0.25, -0.2) is 4.79 Å². The molecule has 2 rings (SSSR count). The molecule has 0 aliphatic rings. The van der Waals surface area contributed by atoms with Crippen molar-refractivity contribution in [3.63, 3.8) is 0 Å². The van der Waals surface area contributed by atoms with Gasteiger partial charge in [-0.3, -0.25) is 0 Å². The number of benzene rings is 1. The maximum absolute atomic E-state index is 12.3. The van der Waals surface area contributed by atoms with Crippen molar-refractivity contribution >= 4 is 5.97 Å². The van der Waals surface area contributed by atoms with Crippen molar-refractivity contribution in [1.29, 1.82) is 0 Å². The lowest BCUT2D eigenvalue weighted by Crippen LogP contribution is -2.49. The molecule has 8 nitrogen and oxygen atoms in total. The highest BCUT2D eigenvalue weighted by Crippen LogP contribution is 2.36. The van der Waals surface area contributed by atoms with Crippen LogP contribution in [-0.2, 0) is 15.1 Å². The first-order valence-electron chi connectivity index (χ1n) is 10.3. The van der Waals surface area contributed by atoms with E-state index < -0.39 is 17.7 Å². The van der Waals surface area contributed by atoms with Crippen LogP contribution in [-0.4, -0.2) is 48.5 Å². The topological polar surface area (TPSA) is 100 Å². The van der Waals surface area contributed by atoms with Crippen molar-refractivity contribution in [3.05, 3.63) is 66.3 Å². The first-order valence-corrected chi connectivity index (χ1v) is 10.3. The zero-order valence-corrected chi connectivity index (χ0v) is 19.4. The second-order valence-electron chi connectivity index (χ2n) is 6.19. The number of aromatic nitrogens is 2. The summed E-state index contributed by atoms with van der Waals surface area (Å²) >= 11 is 0. The number of rotatable bonds is 11. The van der Waals surface area contributed by atoms with E-state index in [0.717, 1.165) is 0 Å². The molecule has 0 bridgehead atoms. The highest BCUT2D eigenvalue weighted by molar-refractivity contribution is 5.75. The molecule has 32 heavy (non-hydrogen) atoms. The minimum Gasteiger partial charge on any atom is -0.481 e. The average molecular weight is 445 g/mol. The van der Waals surface area contributed by atoms with Gasteiger partial charge in [-0.05, 0) is 12.5 Å². The highest BCUT2D eigenvalue weighted by atomic mass is 16.6. The molecule has 0 saturated heterocycles. The molecule has 2 aromatic rings. The Balaban J connectivity index is 0.00000249. The van der Waals surface area contributed by atoms with Crippen LogP contribution < -0.4 is 14.2 Å². The third-order valence-corrected chi connectivity index (χ3v) is 4.44. The molecule has 1 N–H and O–H groups in total. The van der Waals surface area contributed by atoms with E-state index in [9.17, 15) is 9.90 Å². The number of carboxylic acid groups (broad SMARTS) is 1. The number of ether oxygens (including phenoxy) is 4. The van der Waals surface area contributed by atoms with Gasteiger partial charge in [0.25, 0.3) is 0 Å². The summed E-state index contributed by atoms with van der Waals surface area (Å²) in [5.41, 5.74) is -0.704. The third kappa shape index (κ3) is 6.81. The quantitative estimate of drug-likeness (QED) is 0.509. The van der Waals surface area contributed by atoms with Crippen molar-refractivity contribution in [3.8, 4) is 17.8 Å². The summed E-state index contributed by atoms with van der Waals surface area (Å²) in [6, 6.07) is 10.3. The highest BCUT2D eigenvalue weighted by Gasteiger charge is 2.47. The summed E-state index contributed by atoms with van der Waals surface area (Å²) in [6.45, 7) is 5.89. The largest absolute Gasteiger partial charge is 0.481 e. The maximum Gasteiger partial charge on any atom is 0.348 e. The summed E-state index contributed by atoms with van der Waals surface area (Å²) in [6.07, 6.45) is 6.13. The van der Waals surface area contributed by atoms with Gasteiger partial charge in [0.2, 0.25) is 17.9 Å². The number of aliphatic carboxylic acids is 1. The van der Waals surface area contributed by atoms with E-state index in [1.807, 2.05) is 63.3 Å². The number of methoxy groups -OCH3 is 3. The van der Waals surface area contributed by atoms with Crippen molar-refractivity contribution in [2.45, 2.75) is 38.9 Å². The summed E-state index contributed by atoms with van der Waals surface area (Å²) in [7, 11) is 4.30. The minimum absolute atomic E-state index is 0.177. The molecular weight excluding hydrogens is 412 g/mol. The van der Waals surface area contributed by atoms with Gasteiger partial charge >= 0.3 is 12.0 Å². The van der Waals surface area contributed by atoms with Crippen LogP contribution in [0.1, 0.15) is 32.8 Å². The van der Waals surface area contributed by atoms with E-state index in [-0.39, 0.29) is 24.2 Å². The SMILES string of the molecule is C/C=C\C=C/CC(OC)(c1ccccc1)C(Oc1nc(OC)cc(OC)n1)C(=O)O.CC. The molecule has 0 spiro atoms. The Morgan fingerprint density at radius 1 is 1.06 bits per heavy atom. The molecule has 1 aromatic heterocycles. The molecule has 0 amide bonds. The molecular formula is C24H32N2O6. The fraction of sp³-hybridized carbons (Fsp3) is 0.375. The molecule has 2 atom stereocenters. The summed E-state index contributed by atoms with van der Waals surface area (Å²) in [5, 5.41) is 10.1. The molecule has 0 fully saturated rings. The molecule has 0 radical (unpaired) electrons. The van der Waals surface area contributed by atoms with E-state index in [2.05, 4.69) is 9.97 Å². The van der Waals surface area contributed by atoms with Crippen molar-refractivity contribution in [1.82, 2.24) is 9.97 Å². The maximum atomic E-state index is 12.3. The Morgan fingerprint density at radius 2 is 1.66 bits per heavy atom. The van der Waals surface area contributed by atoms with Gasteiger partial charge in [0.15, 0.2) is 0 Å². The van der Waals surface area contributed by atoms with Crippen LogP contribution in [0.15, 0.2) is 60.7 Å². The Morgan fingerprint density at radius 3 is 2.12 bits per heavy atom. The molecule has 1 aromatic carbocycles. The number of hydrogen-bond acceptors (Lipinski definition) is 7. The predicted octanol–water partition coefficient (Wildman–Crippen LogP) is 4.42. The van der Waals surface area contributed by atoms with E-state index in [1.165, 1.54) is 27.4 Å². The first-order chi connectivity index (χ1) is 15.5. The normalized spacial score (nSPS) is 13.7. The lowest BCUT2D eigenvalue weighted by Gasteiger charge is -2.36. The molecule has 174 valence electrons. The third-order valence-electron chi connectivity index (χ3n) is 4.44. The van der Waals surface area contributed by atoms with Gasteiger partial charge in [0.05, 0.1) is 20.3 Å². The fourth-order valence-corrected chi connectivity index (χ4v) is 2.93. The first kappa shape index (κ1) is 26.6. The fourth-order valence-electron chi connectivity index (χ4n) is 2.93. The van der Waals surface area contributed by atoms with Crippen LogP contribution in [0, 0.1) is 0 Å². The monoisotopic (exact) mass is 444 g/mol. The zero-order valence-electron chi connectivity index (χ0n) is 19.4. The number of allylic oxidation sites excluding steroid dienone is 3. The van der Waals surface area contributed by atoms with E-state index >= 15 is 0 Å². The number of hydrogen-bond donors (Lipinski definition) is 1. The van der Waals surface area contributed by atoms with Gasteiger partial charge in [0, 0.05) is 13.5 Å². The van der Waals surface area contributed by atoms with Crippen LogP contribution in [0.25, 0.3) is 0 Å². The second-order valence-corrected chi connectivity index (χ2v) is 6.19. The standard InChI is InChI=1S/C22H26N2O6.C2H6/c1-5-6-7-11-14-22(29-4,16-12-9-8-10-13-16)19(20(25)26)30-21-23-17(27-2)15-18(24-21)28-3;1-2/h5-13,15,19H,14H2,1-4H3,(H,25,26);1-2H3/b6-5-,11-7-;. The van der Waals surface area contributed by atoms with Gasteiger partial charge in [-0.2, -0.15) is 9.97 Å². The molecule has 0 saturated carbocycles. The van der Waals surface area contributed by atoms with Crippen LogP contribution in [0.5, 0.6) is 17.8 Å². The lowest BCUT2D eigenvalue weighted by atomic mass is 9.84. The molecule has 8 heteroatoms. The molecule has 0 aliphatic carbocycles. The smallest absolute Gasteiger partial charge is 0.348 e. The van der Waals surface area contributed by atoms with Crippen LogP contribution in [0.2, 0.25) is 0 Å². The number of carboxylic acids is 1. The lowest BCUT2D eigenvalue weighted by molar-refractivity contribution is -0.166. The summed E-state index contributed by atoms with van der Waals surface area (Å²) < 4.78 is 21.8. The van der Waals surface area contributed by atoms with Gasteiger partial charge in [-0.15, -0.1) is 0 Å². The van der Waals surface area contributed by atoms with Crippen LogP contribution in [0.3, 0.4) is 0 Å². The Hall–Kier alpha value is -3.39. The van der Waals surface area contributed by atoms with Gasteiger partial charge in [0.1, 0.15) is 5.60 Å². The second kappa shape index (κ2) is 13.8. The van der Waals surface area contributed by atoms with Crippen molar-refractivity contribution in [2.24, 2.45) is 0 Å². The Bertz CT molecular complexity index is 863. The molecule has 2 unspecified atom stereocenters. The Labute approximate surface area is 189 Å². The average Bonchev–Trinajstić information content (AvgIpc) is 2.84. The van der Waals surface area contributed by atoms with E-state index in [4.69, 9.17) is 18.9 Å². The van der Waals surface area contributed by atoms with Crippen molar-refractivity contribution in [2.75, 3.05) is 21.3 Å². The molecule has 0 aliphatic heterocycles.